The molecule has 0 saturated heterocycles. The van der Waals surface area contributed by atoms with Crippen LogP contribution >= 0.6 is 0 Å². The number of H-pyrrole nitrogens is 1. The van der Waals surface area contributed by atoms with E-state index in [2.05, 4.69) is 30.2 Å². The Morgan fingerprint density at radius 1 is 1.17 bits per heavy atom. The third kappa shape index (κ3) is 5.75. The van der Waals surface area contributed by atoms with Gasteiger partial charge in [0.2, 0.25) is 10.0 Å². The number of carbonyl (C=O) groups is 1. The van der Waals surface area contributed by atoms with Crippen LogP contribution in [-0.4, -0.2) is 40.2 Å². The van der Waals surface area contributed by atoms with Gasteiger partial charge in [-0.05, 0) is 43.3 Å². The van der Waals surface area contributed by atoms with Crippen LogP contribution < -0.4 is 20.5 Å². The highest BCUT2D eigenvalue weighted by Crippen LogP contribution is 2.35. The zero-order valence-electron chi connectivity index (χ0n) is 19.0. The Morgan fingerprint density at radius 2 is 2.00 bits per heavy atom. The van der Waals surface area contributed by atoms with Crippen molar-refractivity contribution in [2.24, 2.45) is 5.73 Å². The number of nitrogens with zero attached hydrogens (tertiary/aromatic N) is 3. The number of primary amides is 1. The van der Waals surface area contributed by atoms with Crippen molar-refractivity contribution in [2.75, 3.05) is 15.8 Å². The fourth-order valence-electron chi connectivity index (χ4n) is 3.20. The third-order valence-electron chi connectivity index (χ3n) is 5.00. The highest BCUT2D eigenvalue weighted by molar-refractivity contribution is 7.92. The number of aromatic amines is 1. The zero-order valence-corrected chi connectivity index (χ0v) is 19.8. The van der Waals surface area contributed by atoms with Crippen molar-refractivity contribution >= 4 is 33.3 Å². The molecule has 0 spiro atoms. The number of aromatic nitrogens is 4. The molecule has 0 aliphatic carbocycles. The van der Waals surface area contributed by atoms with Crippen molar-refractivity contribution < 1.29 is 22.3 Å². The van der Waals surface area contributed by atoms with E-state index in [1.807, 2.05) is 0 Å². The first-order valence-electron chi connectivity index (χ1n) is 10.7. The molecule has 4 aromatic rings. The summed E-state index contributed by atoms with van der Waals surface area (Å²) in [5, 5.41) is 9.94. The van der Waals surface area contributed by atoms with Gasteiger partial charge in [0, 0.05) is 11.8 Å². The summed E-state index contributed by atoms with van der Waals surface area (Å²) in [4.78, 5) is 20.4. The lowest BCUT2D eigenvalue weighted by Gasteiger charge is -2.14. The maximum Gasteiger partial charge on any atom is 0.254 e. The molecule has 0 saturated carbocycles. The number of nitrogens with two attached hydrogens (primary N) is 1. The van der Waals surface area contributed by atoms with E-state index in [1.54, 1.807) is 30.5 Å². The van der Waals surface area contributed by atoms with E-state index in [0.29, 0.717) is 17.1 Å². The monoisotopic (exact) mass is 511 g/mol. The van der Waals surface area contributed by atoms with E-state index in [1.165, 1.54) is 31.2 Å². The second kappa shape index (κ2) is 10.4. The van der Waals surface area contributed by atoms with Crippen LogP contribution in [0.2, 0.25) is 0 Å². The Labute approximate surface area is 206 Å². The average molecular weight is 512 g/mol. The topological polar surface area (TPSA) is 165 Å². The predicted molar refractivity (Wildman–Crippen MR) is 132 cm³/mol. The summed E-state index contributed by atoms with van der Waals surface area (Å²) in [6, 6.07) is 12.5. The molecule has 0 atom stereocenters. The van der Waals surface area contributed by atoms with Gasteiger partial charge >= 0.3 is 0 Å². The first kappa shape index (κ1) is 24.6. The third-order valence-corrected chi connectivity index (χ3v) is 6.29. The van der Waals surface area contributed by atoms with Crippen LogP contribution in [-0.2, 0) is 16.6 Å². The Bertz CT molecular complexity index is 1480. The predicted octanol–water partition coefficient (Wildman–Crippen LogP) is 3.19. The molecule has 0 radical (unpaired) electrons. The molecule has 0 aliphatic rings. The largest absolute Gasteiger partial charge is 0.485 e. The quantitative estimate of drug-likeness (QED) is 0.252. The molecule has 0 fully saturated rings. The van der Waals surface area contributed by atoms with Gasteiger partial charge in [-0.25, -0.2) is 17.8 Å². The first-order chi connectivity index (χ1) is 17.3. The normalized spacial score (nSPS) is 11.2. The molecule has 0 bridgehead atoms. The highest BCUT2D eigenvalue weighted by Gasteiger charge is 2.22. The summed E-state index contributed by atoms with van der Waals surface area (Å²) < 4.78 is 45.9. The molecular weight excluding hydrogens is 489 g/mol. The van der Waals surface area contributed by atoms with Crippen LogP contribution in [0.4, 0.5) is 21.7 Å². The number of hydrogen-bond acceptors (Lipinski definition) is 8. The molecule has 4 rings (SSSR count). The van der Waals surface area contributed by atoms with E-state index in [-0.39, 0.29) is 40.9 Å². The number of amides is 1. The number of sulfonamides is 1. The van der Waals surface area contributed by atoms with Crippen LogP contribution in [0.5, 0.6) is 5.75 Å². The number of ether oxygens (including phenoxy) is 1. The lowest BCUT2D eigenvalue weighted by molar-refractivity contribution is 0.100. The number of rotatable bonds is 10. The minimum absolute atomic E-state index is 0.0691. The van der Waals surface area contributed by atoms with Gasteiger partial charge in [0.25, 0.3) is 5.91 Å². The van der Waals surface area contributed by atoms with E-state index in [0.717, 1.165) is 6.20 Å². The maximum absolute atomic E-state index is 13.2. The van der Waals surface area contributed by atoms with E-state index < -0.39 is 21.7 Å². The van der Waals surface area contributed by atoms with Gasteiger partial charge in [0.05, 0.1) is 23.3 Å². The molecule has 1 aromatic carbocycles. The minimum atomic E-state index is -3.62. The van der Waals surface area contributed by atoms with E-state index in [4.69, 9.17) is 10.5 Å². The Morgan fingerprint density at radius 3 is 2.67 bits per heavy atom. The Hall–Kier alpha value is -4.52. The molecule has 3 heterocycles. The minimum Gasteiger partial charge on any atom is -0.485 e. The zero-order chi connectivity index (χ0) is 25.7. The van der Waals surface area contributed by atoms with Crippen molar-refractivity contribution in [3.63, 3.8) is 0 Å². The van der Waals surface area contributed by atoms with Crippen LogP contribution in [0.1, 0.15) is 23.0 Å². The van der Waals surface area contributed by atoms with Gasteiger partial charge in [-0.2, -0.15) is 5.10 Å². The molecule has 5 N–H and O–H groups in total. The lowest BCUT2D eigenvalue weighted by atomic mass is 10.1. The molecule has 13 heteroatoms. The van der Waals surface area contributed by atoms with E-state index in [9.17, 15) is 17.6 Å². The lowest BCUT2D eigenvalue weighted by Crippen LogP contribution is -2.16. The number of benzene rings is 1. The summed E-state index contributed by atoms with van der Waals surface area (Å²) in [6.07, 6.45) is 2.63. The van der Waals surface area contributed by atoms with Crippen molar-refractivity contribution in [3.8, 4) is 17.0 Å². The van der Waals surface area contributed by atoms with Gasteiger partial charge < -0.3 is 15.8 Å². The Kier molecular flexibility index (Phi) is 7.10. The summed E-state index contributed by atoms with van der Waals surface area (Å²) >= 11 is 0. The maximum atomic E-state index is 13.2. The van der Waals surface area contributed by atoms with Crippen molar-refractivity contribution in [2.45, 2.75) is 13.5 Å². The summed E-state index contributed by atoms with van der Waals surface area (Å²) in [5.74, 6) is -0.536. The van der Waals surface area contributed by atoms with Gasteiger partial charge in [-0.15, -0.1) is 0 Å². The van der Waals surface area contributed by atoms with Crippen LogP contribution in [0.25, 0.3) is 11.3 Å². The fourth-order valence-corrected chi connectivity index (χ4v) is 3.85. The number of carbonyl (C=O) groups excluding carboxylic acids is 1. The highest BCUT2D eigenvalue weighted by atomic mass is 32.2. The molecule has 1 amide bonds. The molecular formula is C23H22FN7O4S. The molecule has 186 valence electrons. The Balaban J connectivity index is 1.71. The SMILES string of the molecule is CCS(=O)(=O)Nc1ccc(-c2n[nH]c(Nc3ccccn3)c2C(N)=O)cc1OCc1ccc(F)cn1. The van der Waals surface area contributed by atoms with Crippen LogP contribution in [0, 0.1) is 5.82 Å². The van der Waals surface area contributed by atoms with Gasteiger partial charge in [0.1, 0.15) is 41.1 Å². The molecule has 3 aromatic heterocycles. The van der Waals surface area contributed by atoms with E-state index >= 15 is 0 Å². The number of hydrogen-bond donors (Lipinski definition) is 4. The van der Waals surface area contributed by atoms with Gasteiger partial charge in [-0.1, -0.05) is 12.1 Å². The molecule has 0 unspecified atom stereocenters. The first-order valence-corrected chi connectivity index (χ1v) is 12.4. The molecule has 11 nitrogen and oxygen atoms in total. The number of pyridine rings is 2. The van der Waals surface area contributed by atoms with Crippen molar-refractivity contribution in [1.82, 2.24) is 20.2 Å². The standard InChI is InChI=1S/C23H22FN7O4S/c1-2-36(33,34)31-17-9-6-14(11-18(17)35-13-16-8-7-15(24)12-27-16)21-20(22(25)32)23(30-29-21)28-19-5-3-4-10-26-19/h3-12,31H,2,13H2,1H3,(H2,25,32)(H2,26,28,29,30). The summed E-state index contributed by atoms with van der Waals surface area (Å²) in [5.41, 5.74) is 6.96. The average Bonchev–Trinajstić information content (AvgIpc) is 3.28. The number of anilines is 3. The van der Waals surface area contributed by atoms with Crippen molar-refractivity contribution in [1.29, 1.82) is 0 Å². The summed E-state index contributed by atoms with van der Waals surface area (Å²) in [7, 11) is -3.62. The van der Waals surface area contributed by atoms with Crippen LogP contribution in [0.3, 0.4) is 0 Å². The molecule has 0 aliphatic heterocycles. The molecule has 36 heavy (non-hydrogen) atoms. The van der Waals surface area contributed by atoms with Gasteiger partial charge in [-0.3, -0.25) is 19.6 Å². The second-order valence-corrected chi connectivity index (χ2v) is 9.51. The fraction of sp³-hybridized carbons (Fsp3) is 0.130. The van der Waals surface area contributed by atoms with Gasteiger partial charge in [0.15, 0.2) is 0 Å². The summed E-state index contributed by atoms with van der Waals surface area (Å²) in [6.45, 7) is 1.43. The van der Waals surface area contributed by atoms with Crippen LogP contribution in [0.15, 0.2) is 60.9 Å². The number of halogens is 1. The second-order valence-electron chi connectivity index (χ2n) is 7.50. The number of nitrogens with one attached hydrogen (secondary N) is 3. The van der Waals surface area contributed by atoms with Crippen molar-refractivity contribution in [3.05, 3.63) is 78.0 Å². The smallest absolute Gasteiger partial charge is 0.254 e.